The molecule has 0 aliphatic rings. The molecule has 0 aliphatic carbocycles. The summed E-state index contributed by atoms with van der Waals surface area (Å²) in [4.78, 5) is 34.5. The van der Waals surface area contributed by atoms with Gasteiger partial charge in [-0.3, -0.25) is 9.78 Å². The summed E-state index contributed by atoms with van der Waals surface area (Å²) in [5.74, 6) is -0.416. The zero-order valence-electron chi connectivity index (χ0n) is 23.4. The maximum atomic E-state index is 13.3. The number of rotatable bonds is 8. The number of ether oxygens (including phenoxy) is 1. The number of carbonyl (C=O) groups excluding carboxylic acids is 2. The van der Waals surface area contributed by atoms with Crippen LogP contribution >= 0.6 is 11.3 Å². The first kappa shape index (κ1) is 29.5. The van der Waals surface area contributed by atoms with Crippen LogP contribution in [-0.4, -0.2) is 48.5 Å². The Morgan fingerprint density at radius 1 is 1.00 bits per heavy atom. The van der Waals surface area contributed by atoms with Crippen LogP contribution in [0, 0.1) is 0 Å². The van der Waals surface area contributed by atoms with E-state index in [1.165, 1.54) is 11.3 Å². The molecule has 0 unspecified atom stereocenters. The highest BCUT2D eigenvalue weighted by atomic mass is 32.1. The quantitative estimate of drug-likeness (QED) is 0.300. The Morgan fingerprint density at radius 2 is 1.66 bits per heavy atom. The van der Waals surface area contributed by atoms with E-state index >= 15 is 0 Å². The first-order chi connectivity index (χ1) is 17.6. The summed E-state index contributed by atoms with van der Waals surface area (Å²) in [5.41, 5.74) is 3.09. The lowest BCUT2D eigenvalue weighted by atomic mass is 10.0. The summed E-state index contributed by atoms with van der Waals surface area (Å²) in [6, 6.07) is 11.0. The zero-order chi connectivity index (χ0) is 28.1. The van der Waals surface area contributed by atoms with Crippen molar-refractivity contribution in [3.8, 4) is 22.4 Å². The van der Waals surface area contributed by atoms with E-state index in [9.17, 15) is 9.59 Å². The topological polar surface area (TPSA) is 102 Å². The number of thiazole rings is 1. The van der Waals surface area contributed by atoms with Crippen LogP contribution in [0.25, 0.3) is 22.4 Å². The van der Waals surface area contributed by atoms with E-state index < -0.39 is 32.0 Å². The lowest BCUT2D eigenvalue weighted by Gasteiger charge is -2.37. The van der Waals surface area contributed by atoms with Crippen LogP contribution in [0.4, 0.5) is 9.93 Å². The Hall–Kier alpha value is -3.08. The number of benzene rings is 1. The van der Waals surface area contributed by atoms with E-state index in [0.29, 0.717) is 5.13 Å². The second-order valence-corrected chi connectivity index (χ2v) is 17.3. The molecule has 3 aromatic rings. The molecular weight excluding hydrogens is 516 g/mol. The minimum Gasteiger partial charge on any atom is -0.444 e. The van der Waals surface area contributed by atoms with Crippen molar-refractivity contribution >= 4 is 36.8 Å². The highest BCUT2D eigenvalue weighted by Crippen LogP contribution is 2.36. The van der Waals surface area contributed by atoms with E-state index in [0.717, 1.165) is 22.4 Å². The number of anilines is 1. The molecule has 0 radical (unpaired) electrons. The molecule has 2 aromatic heterocycles. The first-order valence-corrected chi connectivity index (χ1v) is 16.3. The van der Waals surface area contributed by atoms with Gasteiger partial charge in [0.05, 0.1) is 12.3 Å². The van der Waals surface area contributed by atoms with Gasteiger partial charge in [-0.15, -0.1) is 11.3 Å². The second-order valence-electron chi connectivity index (χ2n) is 11.6. The summed E-state index contributed by atoms with van der Waals surface area (Å²) < 4.78 is 11.6. The van der Waals surface area contributed by atoms with E-state index in [-0.39, 0.29) is 11.6 Å². The molecule has 8 nitrogen and oxygen atoms in total. The molecule has 1 aromatic carbocycles. The minimum absolute atomic E-state index is 0.0355. The largest absolute Gasteiger partial charge is 0.444 e. The summed E-state index contributed by atoms with van der Waals surface area (Å²) in [6.45, 7) is 15.9. The number of nitrogens with zero attached hydrogens (tertiary/aromatic N) is 2. The molecule has 2 amide bonds. The molecule has 0 saturated carbocycles. The summed E-state index contributed by atoms with van der Waals surface area (Å²) in [5, 5.41) is 7.80. The van der Waals surface area contributed by atoms with E-state index in [2.05, 4.69) is 60.5 Å². The number of amides is 2. The molecule has 1 atom stereocenters. The molecule has 2 heterocycles. The van der Waals surface area contributed by atoms with Crippen molar-refractivity contribution in [3.63, 3.8) is 0 Å². The van der Waals surface area contributed by atoms with Gasteiger partial charge in [0, 0.05) is 23.3 Å². The van der Waals surface area contributed by atoms with Gasteiger partial charge in [-0.2, -0.15) is 0 Å². The number of pyridine rings is 1. The standard InChI is InChI=1S/C28H38N4O4SSi/c1-27(2,3)36-26(34)31-22(17-35-38(7,8)28(4,5)6)24(33)32-25-30-23(18-37-25)21-11-9-10-20(16-21)19-12-14-29-15-13-19/h9-16,18,22H,17H2,1-8H3,(H,31,34)(H,30,32,33)/t22-/m0/s1. The average Bonchev–Trinajstić information content (AvgIpc) is 3.29. The fourth-order valence-corrected chi connectivity index (χ4v) is 4.94. The first-order valence-electron chi connectivity index (χ1n) is 12.6. The van der Waals surface area contributed by atoms with E-state index in [4.69, 9.17) is 9.16 Å². The molecule has 0 saturated heterocycles. The highest BCUT2D eigenvalue weighted by molar-refractivity contribution is 7.14. The Balaban J connectivity index is 1.76. The third kappa shape index (κ3) is 8.21. The molecule has 0 bridgehead atoms. The van der Waals surface area contributed by atoms with Gasteiger partial charge in [-0.25, -0.2) is 9.78 Å². The van der Waals surface area contributed by atoms with Crippen LogP contribution < -0.4 is 10.6 Å². The summed E-state index contributed by atoms with van der Waals surface area (Å²) >= 11 is 1.32. The Bertz CT molecular complexity index is 1250. The van der Waals surface area contributed by atoms with Gasteiger partial charge in [0.2, 0.25) is 0 Å². The average molecular weight is 555 g/mol. The van der Waals surface area contributed by atoms with Crippen molar-refractivity contribution < 1.29 is 18.8 Å². The fourth-order valence-electron chi connectivity index (χ4n) is 3.20. The SMILES string of the molecule is CC(C)(C)OC(=O)N[C@@H](CO[Si](C)(C)C(C)(C)C)C(=O)Nc1nc(-c2cccc(-c3ccncc3)c2)cs1. The number of alkyl carbamates (subject to hydrolysis) is 1. The summed E-state index contributed by atoms with van der Waals surface area (Å²) in [7, 11) is -2.17. The number of carbonyl (C=O) groups is 2. The van der Waals surface area contributed by atoms with Crippen LogP contribution in [0.3, 0.4) is 0 Å². The summed E-state index contributed by atoms with van der Waals surface area (Å²) in [6.07, 6.45) is 2.84. The third-order valence-corrected chi connectivity index (χ3v) is 11.6. The van der Waals surface area contributed by atoms with E-state index in [1.807, 2.05) is 35.7 Å². The van der Waals surface area contributed by atoms with Crippen LogP contribution in [0.15, 0.2) is 54.2 Å². The number of nitrogens with one attached hydrogen (secondary N) is 2. The zero-order valence-corrected chi connectivity index (χ0v) is 25.2. The highest BCUT2D eigenvalue weighted by Gasteiger charge is 2.38. The molecule has 204 valence electrons. The normalized spacial score (nSPS) is 13.1. The predicted molar refractivity (Wildman–Crippen MR) is 156 cm³/mol. The smallest absolute Gasteiger partial charge is 0.408 e. The van der Waals surface area contributed by atoms with Gasteiger partial charge < -0.3 is 19.8 Å². The van der Waals surface area contributed by atoms with Crippen molar-refractivity contribution in [1.29, 1.82) is 0 Å². The number of hydrogen-bond donors (Lipinski definition) is 2. The molecule has 0 spiro atoms. The maximum absolute atomic E-state index is 13.3. The monoisotopic (exact) mass is 554 g/mol. The fraction of sp³-hybridized carbons (Fsp3) is 0.429. The van der Waals surface area contributed by atoms with Crippen molar-refractivity contribution in [2.45, 2.75) is 71.3 Å². The Kier molecular flexibility index (Phi) is 9.12. The second kappa shape index (κ2) is 11.8. The molecular formula is C28H38N4O4SSi. The maximum Gasteiger partial charge on any atom is 0.408 e. The lowest BCUT2D eigenvalue weighted by molar-refractivity contribution is -0.119. The number of hydrogen-bond acceptors (Lipinski definition) is 7. The van der Waals surface area contributed by atoms with Gasteiger partial charge >= 0.3 is 6.09 Å². The Morgan fingerprint density at radius 3 is 2.29 bits per heavy atom. The molecule has 0 aliphatic heterocycles. The lowest BCUT2D eigenvalue weighted by Crippen LogP contribution is -2.51. The Labute approximate surface area is 230 Å². The van der Waals surface area contributed by atoms with Gasteiger partial charge in [0.1, 0.15) is 11.6 Å². The third-order valence-electron chi connectivity index (χ3n) is 6.33. The minimum atomic E-state index is -2.17. The van der Waals surface area contributed by atoms with Crippen molar-refractivity contribution in [3.05, 3.63) is 54.2 Å². The van der Waals surface area contributed by atoms with E-state index in [1.54, 1.807) is 33.2 Å². The van der Waals surface area contributed by atoms with Crippen LogP contribution in [0.1, 0.15) is 41.5 Å². The van der Waals surface area contributed by atoms with Crippen molar-refractivity contribution in [1.82, 2.24) is 15.3 Å². The molecule has 38 heavy (non-hydrogen) atoms. The molecule has 0 fully saturated rings. The van der Waals surface area contributed by atoms with Crippen molar-refractivity contribution in [2.75, 3.05) is 11.9 Å². The predicted octanol–water partition coefficient (Wildman–Crippen LogP) is 6.73. The van der Waals surface area contributed by atoms with Gasteiger partial charge in [-0.1, -0.05) is 39.0 Å². The van der Waals surface area contributed by atoms with Crippen LogP contribution in [-0.2, 0) is 14.0 Å². The molecule has 2 N–H and O–H groups in total. The number of aromatic nitrogens is 2. The van der Waals surface area contributed by atoms with Gasteiger partial charge in [-0.05, 0) is 68.2 Å². The van der Waals surface area contributed by atoms with Gasteiger partial charge in [0.25, 0.3) is 5.91 Å². The molecule has 3 rings (SSSR count). The van der Waals surface area contributed by atoms with Crippen LogP contribution in [0.2, 0.25) is 18.1 Å². The molecule has 10 heteroatoms. The van der Waals surface area contributed by atoms with Gasteiger partial charge in [0.15, 0.2) is 13.4 Å². The van der Waals surface area contributed by atoms with Crippen molar-refractivity contribution in [2.24, 2.45) is 0 Å². The van der Waals surface area contributed by atoms with Crippen LogP contribution in [0.5, 0.6) is 0 Å².